The lowest BCUT2D eigenvalue weighted by Crippen LogP contribution is -2.45. The quantitative estimate of drug-likeness (QED) is 0.738. The van der Waals surface area contributed by atoms with Gasteiger partial charge in [0.1, 0.15) is 6.10 Å². The summed E-state index contributed by atoms with van der Waals surface area (Å²) in [6.07, 6.45) is 1.93. The van der Waals surface area contributed by atoms with Crippen molar-refractivity contribution in [1.82, 2.24) is 10.6 Å². The highest BCUT2D eigenvalue weighted by atomic mass is 16.5. The Morgan fingerprint density at radius 3 is 2.88 bits per heavy atom. The van der Waals surface area contributed by atoms with Crippen LogP contribution in [-0.2, 0) is 9.53 Å². The topological polar surface area (TPSA) is 50.4 Å². The molecule has 0 aromatic heterocycles. The van der Waals surface area contributed by atoms with Crippen LogP contribution in [0, 0.1) is 11.8 Å². The SMILES string of the molecule is CC1CCOC1C(=O)NC(C)C1CCNC1. The Hall–Kier alpha value is -0.610. The molecule has 0 spiro atoms. The normalized spacial score (nSPS) is 36.2. The molecular formula is C12H22N2O2. The molecular weight excluding hydrogens is 204 g/mol. The molecule has 2 saturated heterocycles. The molecule has 4 heteroatoms. The molecule has 0 saturated carbocycles. The molecule has 2 fully saturated rings. The van der Waals surface area contributed by atoms with E-state index in [4.69, 9.17) is 4.74 Å². The van der Waals surface area contributed by atoms with Crippen LogP contribution in [0.5, 0.6) is 0 Å². The predicted octanol–water partition coefficient (Wildman–Crippen LogP) is 0.526. The second-order valence-corrected chi connectivity index (χ2v) is 5.11. The monoisotopic (exact) mass is 226 g/mol. The molecule has 16 heavy (non-hydrogen) atoms. The molecule has 0 aliphatic carbocycles. The molecule has 2 N–H and O–H groups in total. The number of ether oxygens (including phenoxy) is 1. The third-order valence-electron chi connectivity index (χ3n) is 3.82. The number of hydrogen-bond donors (Lipinski definition) is 2. The van der Waals surface area contributed by atoms with Gasteiger partial charge in [0, 0.05) is 12.6 Å². The summed E-state index contributed by atoms with van der Waals surface area (Å²) in [5.74, 6) is 0.999. The Morgan fingerprint density at radius 2 is 2.31 bits per heavy atom. The first-order valence-corrected chi connectivity index (χ1v) is 6.31. The largest absolute Gasteiger partial charge is 0.368 e. The zero-order chi connectivity index (χ0) is 11.5. The predicted molar refractivity (Wildman–Crippen MR) is 62.1 cm³/mol. The van der Waals surface area contributed by atoms with Crippen molar-refractivity contribution in [3.8, 4) is 0 Å². The summed E-state index contributed by atoms with van der Waals surface area (Å²) in [7, 11) is 0. The molecule has 4 unspecified atom stereocenters. The standard InChI is InChI=1S/C12H22N2O2/c1-8-4-6-16-11(8)12(15)14-9(2)10-3-5-13-7-10/h8-11,13H,3-7H2,1-2H3,(H,14,15). The van der Waals surface area contributed by atoms with Gasteiger partial charge in [-0.25, -0.2) is 0 Å². The Kier molecular flexibility index (Phi) is 3.82. The van der Waals surface area contributed by atoms with Gasteiger partial charge < -0.3 is 15.4 Å². The van der Waals surface area contributed by atoms with Crippen LogP contribution in [-0.4, -0.2) is 37.7 Å². The summed E-state index contributed by atoms with van der Waals surface area (Å²) in [5, 5.41) is 6.41. The van der Waals surface area contributed by atoms with E-state index < -0.39 is 0 Å². The van der Waals surface area contributed by atoms with Crippen molar-refractivity contribution < 1.29 is 9.53 Å². The average molecular weight is 226 g/mol. The minimum absolute atomic E-state index is 0.0735. The number of hydrogen-bond acceptors (Lipinski definition) is 3. The van der Waals surface area contributed by atoms with Crippen molar-refractivity contribution in [3.05, 3.63) is 0 Å². The van der Waals surface area contributed by atoms with Crippen molar-refractivity contribution in [1.29, 1.82) is 0 Å². The van der Waals surface area contributed by atoms with Crippen LogP contribution < -0.4 is 10.6 Å². The van der Waals surface area contributed by atoms with E-state index >= 15 is 0 Å². The fourth-order valence-corrected chi connectivity index (χ4v) is 2.56. The van der Waals surface area contributed by atoms with E-state index in [0.717, 1.165) is 32.5 Å². The fourth-order valence-electron chi connectivity index (χ4n) is 2.56. The lowest BCUT2D eigenvalue weighted by molar-refractivity contribution is -0.132. The Balaban J connectivity index is 1.81. The van der Waals surface area contributed by atoms with Gasteiger partial charge in [-0.3, -0.25) is 4.79 Å². The van der Waals surface area contributed by atoms with Crippen LogP contribution >= 0.6 is 0 Å². The van der Waals surface area contributed by atoms with Gasteiger partial charge >= 0.3 is 0 Å². The summed E-state index contributed by atoms with van der Waals surface area (Å²) in [5.41, 5.74) is 0. The minimum atomic E-state index is -0.225. The Bertz CT molecular complexity index is 251. The Morgan fingerprint density at radius 1 is 1.50 bits per heavy atom. The van der Waals surface area contributed by atoms with Crippen LogP contribution in [0.4, 0.5) is 0 Å². The van der Waals surface area contributed by atoms with Crippen molar-refractivity contribution in [2.24, 2.45) is 11.8 Å². The number of carbonyl (C=O) groups is 1. The van der Waals surface area contributed by atoms with Crippen LogP contribution in [0.1, 0.15) is 26.7 Å². The summed E-state index contributed by atoms with van der Waals surface area (Å²) >= 11 is 0. The average Bonchev–Trinajstić information content (AvgIpc) is 2.86. The van der Waals surface area contributed by atoms with Crippen molar-refractivity contribution in [2.45, 2.75) is 38.8 Å². The molecule has 2 aliphatic heterocycles. The third kappa shape index (κ3) is 2.55. The minimum Gasteiger partial charge on any atom is -0.368 e. The third-order valence-corrected chi connectivity index (χ3v) is 3.82. The molecule has 4 nitrogen and oxygen atoms in total. The first-order valence-electron chi connectivity index (χ1n) is 6.31. The number of carbonyl (C=O) groups excluding carboxylic acids is 1. The second-order valence-electron chi connectivity index (χ2n) is 5.11. The molecule has 0 radical (unpaired) electrons. The van der Waals surface area contributed by atoms with E-state index in [1.807, 2.05) is 0 Å². The van der Waals surface area contributed by atoms with Crippen molar-refractivity contribution >= 4 is 5.91 Å². The van der Waals surface area contributed by atoms with Crippen LogP contribution in [0.15, 0.2) is 0 Å². The maximum atomic E-state index is 12.0. The molecule has 0 aromatic carbocycles. The zero-order valence-corrected chi connectivity index (χ0v) is 10.2. The van der Waals surface area contributed by atoms with Crippen molar-refractivity contribution in [3.63, 3.8) is 0 Å². The molecule has 0 aromatic rings. The van der Waals surface area contributed by atoms with Gasteiger partial charge in [0.05, 0.1) is 0 Å². The lowest BCUT2D eigenvalue weighted by atomic mass is 9.99. The Labute approximate surface area is 97.1 Å². The maximum Gasteiger partial charge on any atom is 0.249 e. The van der Waals surface area contributed by atoms with Gasteiger partial charge in [-0.2, -0.15) is 0 Å². The maximum absolute atomic E-state index is 12.0. The molecule has 0 bridgehead atoms. The molecule has 2 heterocycles. The molecule has 2 aliphatic rings. The van der Waals surface area contributed by atoms with Crippen LogP contribution in [0.3, 0.4) is 0 Å². The first-order chi connectivity index (χ1) is 7.68. The van der Waals surface area contributed by atoms with Gasteiger partial charge in [-0.15, -0.1) is 0 Å². The van der Waals surface area contributed by atoms with Crippen LogP contribution in [0.25, 0.3) is 0 Å². The highest BCUT2D eigenvalue weighted by molar-refractivity contribution is 5.81. The smallest absolute Gasteiger partial charge is 0.249 e. The van der Waals surface area contributed by atoms with E-state index in [-0.39, 0.29) is 18.1 Å². The van der Waals surface area contributed by atoms with Gasteiger partial charge in [0.2, 0.25) is 5.91 Å². The fraction of sp³-hybridized carbons (Fsp3) is 0.917. The lowest BCUT2D eigenvalue weighted by Gasteiger charge is -2.23. The van der Waals surface area contributed by atoms with Gasteiger partial charge in [-0.05, 0) is 44.7 Å². The molecule has 1 amide bonds. The van der Waals surface area contributed by atoms with Crippen LogP contribution in [0.2, 0.25) is 0 Å². The highest BCUT2D eigenvalue weighted by Gasteiger charge is 2.32. The van der Waals surface area contributed by atoms with E-state index in [1.54, 1.807) is 0 Å². The van der Waals surface area contributed by atoms with E-state index in [1.165, 1.54) is 0 Å². The summed E-state index contributed by atoms with van der Waals surface area (Å²) in [4.78, 5) is 12.0. The highest BCUT2D eigenvalue weighted by Crippen LogP contribution is 2.21. The number of amides is 1. The summed E-state index contributed by atoms with van der Waals surface area (Å²) in [6.45, 7) is 6.98. The van der Waals surface area contributed by atoms with Crippen molar-refractivity contribution in [2.75, 3.05) is 19.7 Å². The van der Waals surface area contributed by atoms with Gasteiger partial charge in [0.25, 0.3) is 0 Å². The summed E-state index contributed by atoms with van der Waals surface area (Å²) < 4.78 is 5.46. The molecule has 4 atom stereocenters. The van der Waals surface area contributed by atoms with Gasteiger partial charge in [0.15, 0.2) is 0 Å². The zero-order valence-electron chi connectivity index (χ0n) is 10.2. The van der Waals surface area contributed by atoms with E-state index in [0.29, 0.717) is 11.8 Å². The van der Waals surface area contributed by atoms with Gasteiger partial charge in [-0.1, -0.05) is 6.92 Å². The second kappa shape index (κ2) is 5.15. The summed E-state index contributed by atoms with van der Waals surface area (Å²) in [6, 6.07) is 0.249. The molecule has 2 rings (SSSR count). The first kappa shape index (κ1) is 11.9. The molecule has 92 valence electrons. The number of nitrogens with one attached hydrogen (secondary N) is 2. The number of rotatable bonds is 3. The van der Waals surface area contributed by atoms with E-state index in [2.05, 4.69) is 24.5 Å². The van der Waals surface area contributed by atoms with E-state index in [9.17, 15) is 4.79 Å².